The highest BCUT2D eigenvalue weighted by Gasteiger charge is 2.42. The van der Waals surface area contributed by atoms with Crippen LogP contribution in [-0.4, -0.2) is 29.4 Å². The molecule has 1 aromatic carbocycles. The van der Waals surface area contributed by atoms with Crippen LogP contribution in [0.3, 0.4) is 0 Å². The van der Waals surface area contributed by atoms with Gasteiger partial charge in [-0.2, -0.15) is 0 Å². The van der Waals surface area contributed by atoms with Crippen molar-refractivity contribution in [2.24, 2.45) is 0 Å². The van der Waals surface area contributed by atoms with Crippen molar-refractivity contribution in [2.45, 2.75) is 155 Å². The van der Waals surface area contributed by atoms with Gasteiger partial charge in [0.05, 0.1) is 20.4 Å². The maximum absolute atomic E-state index is 6.16. The molecule has 0 aliphatic rings. The molecule has 0 spiro atoms. The Balaban J connectivity index is 2.54. The minimum atomic E-state index is -1.62. The molecule has 0 N–H and O–H groups in total. The summed E-state index contributed by atoms with van der Waals surface area (Å²) in [6, 6.07) is 4.23. The molecule has 0 aromatic heterocycles. The quantitative estimate of drug-likeness (QED) is 0.0715. The topological polar surface area (TPSA) is 18.5 Å². The molecule has 238 valence electrons. The Morgan fingerprint density at radius 3 is 1.07 bits per heavy atom. The largest absolute Gasteiger partial charge is 0.492 e. The van der Waals surface area contributed by atoms with Crippen molar-refractivity contribution in [3.8, 4) is 34.4 Å². The number of hydrogen-bond donors (Lipinski definition) is 0. The second-order valence-electron chi connectivity index (χ2n) is 13.7. The fourth-order valence-electron chi connectivity index (χ4n) is 7.02. The van der Waals surface area contributed by atoms with Crippen LogP contribution >= 0.6 is 45.2 Å². The van der Waals surface area contributed by atoms with Gasteiger partial charge < -0.3 is 9.47 Å². The van der Waals surface area contributed by atoms with Crippen molar-refractivity contribution in [3.63, 3.8) is 0 Å². The van der Waals surface area contributed by atoms with Crippen LogP contribution in [-0.2, 0) is 0 Å². The van der Waals surface area contributed by atoms with Crippen molar-refractivity contribution in [3.05, 3.63) is 19.3 Å². The van der Waals surface area contributed by atoms with Gasteiger partial charge in [0.25, 0.3) is 0 Å². The Labute approximate surface area is 290 Å². The molecule has 0 aliphatic carbocycles. The van der Waals surface area contributed by atoms with E-state index < -0.39 is 16.1 Å². The molecule has 0 saturated carbocycles. The van der Waals surface area contributed by atoms with E-state index in [1.807, 2.05) is 0 Å². The van der Waals surface area contributed by atoms with Crippen LogP contribution in [0.4, 0.5) is 0 Å². The summed E-state index contributed by atoms with van der Waals surface area (Å²) < 4.78 is 14.5. The minimum Gasteiger partial charge on any atom is -0.492 e. The Bertz CT molecular complexity index is 942. The summed E-state index contributed by atoms with van der Waals surface area (Å²) in [4.78, 5) is 0. The molecule has 0 unspecified atom stereocenters. The van der Waals surface area contributed by atoms with Crippen LogP contribution in [0.1, 0.15) is 122 Å². The molecular formula is C36H60I2O2Si2. The van der Waals surface area contributed by atoms with Crippen LogP contribution in [0.5, 0.6) is 11.5 Å². The van der Waals surface area contributed by atoms with Gasteiger partial charge >= 0.3 is 0 Å². The predicted molar refractivity (Wildman–Crippen MR) is 208 cm³/mol. The lowest BCUT2D eigenvalue weighted by atomic mass is 10.2. The molecule has 0 atom stereocenters. The molecule has 0 radical (unpaired) electrons. The maximum Gasteiger partial charge on any atom is 0.145 e. The fourth-order valence-corrected chi connectivity index (χ4v) is 18.8. The molecule has 1 aromatic rings. The van der Waals surface area contributed by atoms with Gasteiger partial charge in [-0.3, -0.25) is 0 Å². The first kappa shape index (κ1) is 39.9. The number of unbranched alkanes of at least 4 members (excludes halogenated alkanes) is 4. The van der Waals surface area contributed by atoms with Gasteiger partial charge in [-0.1, -0.05) is 83.1 Å². The van der Waals surface area contributed by atoms with E-state index in [-0.39, 0.29) is 0 Å². The highest BCUT2D eigenvalue weighted by molar-refractivity contribution is 14.1. The summed E-state index contributed by atoms with van der Waals surface area (Å²) in [5.41, 5.74) is 11.8. The summed E-state index contributed by atoms with van der Waals surface area (Å²) >= 11 is 4.73. The Morgan fingerprint density at radius 1 is 0.524 bits per heavy atom. The van der Waals surface area contributed by atoms with Gasteiger partial charge in [-0.25, -0.2) is 0 Å². The lowest BCUT2D eigenvalue weighted by Gasteiger charge is -2.38. The zero-order valence-corrected chi connectivity index (χ0v) is 35.2. The number of rotatable bonds is 16. The summed E-state index contributed by atoms with van der Waals surface area (Å²) in [7, 11) is -3.23. The van der Waals surface area contributed by atoms with Crippen LogP contribution < -0.4 is 9.47 Å². The van der Waals surface area contributed by atoms with E-state index in [9.17, 15) is 0 Å². The molecule has 0 heterocycles. The highest BCUT2D eigenvalue weighted by Crippen LogP contribution is 2.41. The Morgan fingerprint density at radius 2 is 0.810 bits per heavy atom. The van der Waals surface area contributed by atoms with Crippen LogP contribution in [0.15, 0.2) is 12.1 Å². The van der Waals surface area contributed by atoms with E-state index >= 15 is 0 Å². The zero-order valence-electron chi connectivity index (χ0n) is 28.8. The van der Waals surface area contributed by atoms with E-state index in [1.165, 1.54) is 0 Å². The molecule has 0 saturated heterocycles. The third-order valence-corrected chi connectivity index (χ3v) is 23.6. The van der Waals surface area contributed by atoms with Gasteiger partial charge in [0.1, 0.15) is 27.6 Å². The Kier molecular flexibility index (Phi) is 18.4. The summed E-state index contributed by atoms with van der Waals surface area (Å²) in [6.45, 7) is 30.0. The van der Waals surface area contributed by atoms with E-state index in [0.717, 1.165) is 70.4 Å². The lowest BCUT2D eigenvalue weighted by Crippen LogP contribution is -2.43. The highest BCUT2D eigenvalue weighted by atomic mass is 127. The van der Waals surface area contributed by atoms with E-state index in [4.69, 9.17) is 9.47 Å². The van der Waals surface area contributed by atoms with Gasteiger partial charge in [-0.05, 0) is 116 Å². The standard InChI is InChI=1S/C36H60I2O2Si2/c1-27(2)41(28(3)4,29(5)6)23-19-15-13-17-21-39-35-25-34(38)36(26-33(35)37)40-22-18-14-16-20-24-42(30(7)8,31(9)10)32(11)12/h25-32H,13-18,21-22H2,1-12H3. The van der Waals surface area contributed by atoms with Crippen molar-refractivity contribution in [2.75, 3.05) is 13.2 Å². The van der Waals surface area contributed by atoms with Crippen molar-refractivity contribution < 1.29 is 9.47 Å². The van der Waals surface area contributed by atoms with Crippen LogP contribution in [0.25, 0.3) is 0 Å². The van der Waals surface area contributed by atoms with E-state index in [0.29, 0.717) is 33.2 Å². The van der Waals surface area contributed by atoms with Crippen molar-refractivity contribution in [1.29, 1.82) is 0 Å². The van der Waals surface area contributed by atoms with Gasteiger partial charge in [0.15, 0.2) is 0 Å². The average molecular weight is 835 g/mol. The molecule has 0 amide bonds. The van der Waals surface area contributed by atoms with Crippen molar-refractivity contribution >= 4 is 61.3 Å². The zero-order chi connectivity index (χ0) is 32.1. The predicted octanol–water partition coefficient (Wildman–Crippen LogP) is 12.4. The molecular weight excluding hydrogens is 774 g/mol. The second-order valence-corrected chi connectivity index (χ2v) is 27.2. The third-order valence-electron chi connectivity index (χ3n) is 9.24. The molecule has 0 aliphatic heterocycles. The Hall–Kier alpha value is -0.166. The fraction of sp³-hybridized carbons (Fsp3) is 0.722. The first-order valence-electron chi connectivity index (χ1n) is 16.4. The number of hydrogen-bond acceptors (Lipinski definition) is 2. The van der Waals surface area contributed by atoms with Gasteiger partial charge in [-0.15, -0.1) is 22.9 Å². The summed E-state index contributed by atoms with van der Waals surface area (Å²) in [5, 5.41) is 0. The molecule has 0 fully saturated rings. The van der Waals surface area contributed by atoms with Gasteiger partial charge in [0.2, 0.25) is 0 Å². The normalized spacial score (nSPS) is 12.3. The first-order chi connectivity index (χ1) is 19.6. The molecule has 1 rings (SSSR count). The van der Waals surface area contributed by atoms with Crippen LogP contribution in [0, 0.1) is 30.1 Å². The SMILES string of the molecule is CC(C)[Si](C#CCCCCOc1cc(I)c(OCCCCC#C[Si](C(C)C)(C(C)C)C(C)C)cc1I)(C(C)C)C(C)C. The lowest BCUT2D eigenvalue weighted by molar-refractivity contribution is 0.296. The van der Waals surface area contributed by atoms with E-state index in [1.54, 1.807) is 0 Å². The average Bonchev–Trinajstić information content (AvgIpc) is 2.88. The number of benzene rings is 1. The summed E-state index contributed by atoms with van der Waals surface area (Å²) in [5.74, 6) is 9.07. The monoisotopic (exact) mass is 834 g/mol. The summed E-state index contributed by atoms with van der Waals surface area (Å²) in [6.07, 6.45) is 6.15. The molecule has 0 bridgehead atoms. The second kappa shape index (κ2) is 19.4. The van der Waals surface area contributed by atoms with Crippen LogP contribution in [0.2, 0.25) is 33.2 Å². The number of halogens is 2. The smallest absolute Gasteiger partial charge is 0.145 e. The minimum absolute atomic E-state index is 0.690. The number of ether oxygens (including phenoxy) is 2. The van der Waals surface area contributed by atoms with Gasteiger partial charge in [0, 0.05) is 12.8 Å². The molecule has 2 nitrogen and oxygen atoms in total. The first-order valence-corrected chi connectivity index (χ1v) is 23.0. The molecule has 6 heteroatoms. The maximum atomic E-state index is 6.16. The van der Waals surface area contributed by atoms with E-state index in [2.05, 4.69) is 163 Å². The third kappa shape index (κ3) is 11.0. The van der Waals surface area contributed by atoms with Crippen molar-refractivity contribution in [1.82, 2.24) is 0 Å². The molecule has 42 heavy (non-hydrogen) atoms.